The molecule has 0 aliphatic carbocycles. The van der Waals surface area contributed by atoms with Gasteiger partial charge in [-0.15, -0.1) is 11.3 Å². The summed E-state index contributed by atoms with van der Waals surface area (Å²) in [5, 5.41) is 28.4. The number of carboxylic acids is 1. The molecule has 0 aliphatic rings. The summed E-state index contributed by atoms with van der Waals surface area (Å²) in [5.41, 5.74) is 3.91. The number of carboxylic acid groups (broad SMARTS) is 1. The van der Waals surface area contributed by atoms with E-state index in [0.717, 1.165) is 27.0 Å². The lowest BCUT2D eigenvalue weighted by Crippen LogP contribution is -2.02. The summed E-state index contributed by atoms with van der Waals surface area (Å²) < 4.78 is 2.84. The number of aromatic carboxylic acids is 1. The number of aromatic hydroxyl groups is 1. The van der Waals surface area contributed by atoms with Gasteiger partial charge in [-0.3, -0.25) is 0 Å². The zero-order chi connectivity index (χ0) is 19.8. The van der Waals surface area contributed by atoms with E-state index in [1.807, 2.05) is 22.8 Å². The highest BCUT2D eigenvalue weighted by molar-refractivity contribution is 7.20. The van der Waals surface area contributed by atoms with Crippen LogP contribution in [0.3, 0.4) is 0 Å². The molecule has 0 radical (unpaired) electrons. The third-order valence-corrected chi connectivity index (χ3v) is 5.82. The van der Waals surface area contributed by atoms with Crippen LogP contribution in [0.15, 0.2) is 54.6 Å². The Morgan fingerprint density at radius 3 is 2.54 bits per heavy atom. The number of phenolic OH excluding ortho intramolecular Hbond substituents is 1. The van der Waals surface area contributed by atoms with Crippen molar-refractivity contribution in [2.45, 2.75) is 6.54 Å². The van der Waals surface area contributed by atoms with Crippen molar-refractivity contribution in [2.75, 3.05) is 0 Å². The molecule has 0 spiro atoms. The van der Waals surface area contributed by atoms with Crippen molar-refractivity contribution < 1.29 is 15.0 Å². The minimum atomic E-state index is -0.963. The first-order chi connectivity index (χ1) is 13.5. The Balaban J connectivity index is 1.88. The second-order valence-electron chi connectivity index (χ2n) is 6.25. The minimum absolute atomic E-state index is 0.0777. The Bertz CT molecular complexity index is 1250. The van der Waals surface area contributed by atoms with Crippen molar-refractivity contribution in [3.05, 3.63) is 75.6 Å². The zero-order valence-corrected chi connectivity index (χ0v) is 16.0. The lowest BCUT2D eigenvalue weighted by Gasteiger charge is -2.12. The molecule has 0 saturated heterocycles. The SMILES string of the molecule is N#Cc1ccc(Cn2c(-c3ccc(O)cc3Cl)cc3sc(C(=O)O)cc32)cc1. The van der Waals surface area contributed by atoms with E-state index in [0.29, 0.717) is 17.1 Å². The Hall–Kier alpha value is -3.27. The van der Waals surface area contributed by atoms with Crippen molar-refractivity contribution in [1.82, 2.24) is 4.57 Å². The predicted molar refractivity (Wildman–Crippen MR) is 109 cm³/mol. The van der Waals surface area contributed by atoms with Gasteiger partial charge in [-0.05, 0) is 48.0 Å². The number of halogens is 1. The Kier molecular flexibility index (Phi) is 4.55. The first kappa shape index (κ1) is 18.1. The highest BCUT2D eigenvalue weighted by Crippen LogP contribution is 2.38. The number of hydrogen-bond acceptors (Lipinski definition) is 4. The van der Waals surface area contributed by atoms with Crippen LogP contribution in [-0.4, -0.2) is 20.7 Å². The van der Waals surface area contributed by atoms with Crippen molar-refractivity contribution in [3.8, 4) is 23.1 Å². The van der Waals surface area contributed by atoms with Crippen molar-refractivity contribution in [1.29, 1.82) is 5.26 Å². The molecule has 4 rings (SSSR count). The van der Waals surface area contributed by atoms with E-state index in [9.17, 15) is 15.0 Å². The van der Waals surface area contributed by atoms with E-state index in [-0.39, 0.29) is 10.6 Å². The van der Waals surface area contributed by atoms with Crippen LogP contribution in [0.4, 0.5) is 0 Å². The number of nitrogens with zero attached hydrogens (tertiary/aromatic N) is 2. The van der Waals surface area contributed by atoms with Gasteiger partial charge in [0.05, 0.1) is 32.6 Å². The third-order valence-electron chi connectivity index (χ3n) is 4.45. The van der Waals surface area contributed by atoms with Gasteiger partial charge in [0, 0.05) is 12.1 Å². The van der Waals surface area contributed by atoms with Crippen LogP contribution < -0.4 is 0 Å². The predicted octanol–water partition coefficient (Wildman–Crippen LogP) is 5.35. The number of benzene rings is 2. The second kappa shape index (κ2) is 7.04. The molecule has 5 nitrogen and oxygen atoms in total. The van der Waals surface area contributed by atoms with E-state index in [4.69, 9.17) is 16.9 Å². The van der Waals surface area contributed by atoms with Crippen LogP contribution in [0.2, 0.25) is 5.02 Å². The van der Waals surface area contributed by atoms with Gasteiger partial charge in [0.15, 0.2) is 0 Å². The van der Waals surface area contributed by atoms with E-state index in [1.165, 1.54) is 17.4 Å². The molecule has 28 heavy (non-hydrogen) atoms. The standard InChI is InChI=1S/C21H13ClN2O3S/c22-16-7-14(25)5-6-15(16)17-8-19-18(9-20(28-19)21(26)27)24(17)11-13-3-1-12(10-23)2-4-13/h1-9,25H,11H2,(H,26,27). The molecule has 0 saturated carbocycles. The Morgan fingerprint density at radius 2 is 1.89 bits per heavy atom. The molecule has 2 aromatic heterocycles. The lowest BCUT2D eigenvalue weighted by molar-refractivity contribution is 0.0702. The summed E-state index contributed by atoms with van der Waals surface area (Å²) in [7, 11) is 0. The molecule has 2 heterocycles. The maximum atomic E-state index is 11.4. The molecule has 2 N–H and O–H groups in total. The fourth-order valence-corrected chi connectivity index (χ4v) is 4.33. The van der Waals surface area contributed by atoms with Gasteiger partial charge < -0.3 is 14.8 Å². The van der Waals surface area contributed by atoms with Crippen molar-refractivity contribution in [2.24, 2.45) is 0 Å². The monoisotopic (exact) mass is 408 g/mol. The van der Waals surface area contributed by atoms with Crippen LogP contribution in [0, 0.1) is 11.3 Å². The summed E-state index contributed by atoms with van der Waals surface area (Å²) in [5.74, 6) is -0.885. The van der Waals surface area contributed by atoms with Gasteiger partial charge >= 0.3 is 5.97 Å². The molecule has 0 fully saturated rings. The maximum Gasteiger partial charge on any atom is 0.345 e. The molecule has 0 unspecified atom stereocenters. The maximum absolute atomic E-state index is 11.4. The fourth-order valence-electron chi connectivity index (χ4n) is 3.12. The zero-order valence-electron chi connectivity index (χ0n) is 14.4. The van der Waals surface area contributed by atoms with Gasteiger partial charge in [-0.25, -0.2) is 4.79 Å². The van der Waals surface area contributed by atoms with Crippen LogP contribution in [0.5, 0.6) is 5.75 Å². The molecule has 7 heteroatoms. The van der Waals surface area contributed by atoms with Crippen LogP contribution in [-0.2, 0) is 6.54 Å². The van der Waals surface area contributed by atoms with Crippen LogP contribution in [0.25, 0.3) is 21.5 Å². The summed E-state index contributed by atoms with van der Waals surface area (Å²) in [6, 6.07) is 17.7. The van der Waals surface area contributed by atoms with Crippen molar-refractivity contribution in [3.63, 3.8) is 0 Å². The summed E-state index contributed by atoms with van der Waals surface area (Å²) in [6.45, 7) is 0.484. The van der Waals surface area contributed by atoms with Crippen LogP contribution >= 0.6 is 22.9 Å². The summed E-state index contributed by atoms with van der Waals surface area (Å²) in [6.07, 6.45) is 0. The van der Waals surface area contributed by atoms with E-state index in [2.05, 4.69) is 6.07 Å². The molecular weight excluding hydrogens is 396 g/mol. The molecule has 138 valence electrons. The normalized spacial score (nSPS) is 10.9. The highest BCUT2D eigenvalue weighted by atomic mass is 35.5. The Morgan fingerprint density at radius 1 is 1.14 bits per heavy atom. The smallest absolute Gasteiger partial charge is 0.345 e. The number of nitriles is 1. The number of carbonyl (C=O) groups is 1. The molecule has 0 bridgehead atoms. The first-order valence-electron chi connectivity index (χ1n) is 8.30. The molecule has 0 atom stereocenters. The molecule has 0 amide bonds. The fraction of sp³-hybridized carbons (Fsp3) is 0.0476. The van der Waals surface area contributed by atoms with Gasteiger partial charge in [0.25, 0.3) is 0 Å². The Labute approximate surface area is 169 Å². The number of hydrogen-bond donors (Lipinski definition) is 2. The highest BCUT2D eigenvalue weighted by Gasteiger charge is 2.18. The average Bonchev–Trinajstić information content (AvgIpc) is 3.22. The van der Waals surface area contributed by atoms with Crippen LogP contribution in [0.1, 0.15) is 20.8 Å². The lowest BCUT2D eigenvalue weighted by atomic mass is 10.1. The van der Waals surface area contributed by atoms with E-state index in [1.54, 1.807) is 30.3 Å². The van der Waals surface area contributed by atoms with E-state index < -0.39 is 5.97 Å². The second-order valence-corrected chi connectivity index (χ2v) is 7.74. The number of rotatable bonds is 4. The quantitative estimate of drug-likeness (QED) is 0.476. The molecular formula is C21H13ClN2O3S. The van der Waals surface area contributed by atoms with Gasteiger partial charge in [0.1, 0.15) is 10.6 Å². The summed E-state index contributed by atoms with van der Waals surface area (Å²) >= 11 is 7.56. The number of phenols is 1. The summed E-state index contributed by atoms with van der Waals surface area (Å²) in [4.78, 5) is 11.6. The van der Waals surface area contributed by atoms with Crippen molar-refractivity contribution >= 4 is 39.1 Å². The first-order valence-corrected chi connectivity index (χ1v) is 9.50. The van der Waals surface area contributed by atoms with E-state index >= 15 is 0 Å². The molecule has 4 aromatic rings. The van der Waals surface area contributed by atoms with Gasteiger partial charge in [-0.2, -0.15) is 5.26 Å². The third kappa shape index (κ3) is 3.22. The number of aromatic nitrogens is 1. The average molecular weight is 409 g/mol. The number of thiophene rings is 1. The largest absolute Gasteiger partial charge is 0.508 e. The molecule has 2 aromatic carbocycles. The molecule has 0 aliphatic heterocycles. The topological polar surface area (TPSA) is 86.3 Å². The van der Waals surface area contributed by atoms with Gasteiger partial charge in [0.2, 0.25) is 0 Å². The number of fused-ring (bicyclic) bond motifs is 1. The minimum Gasteiger partial charge on any atom is -0.508 e. The van der Waals surface area contributed by atoms with Gasteiger partial charge in [-0.1, -0.05) is 23.7 Å².